The molecule has 1 aliphatic rings. The third-order valence-electron chi connectivity index (χ3n) is 5.40. The summed E-state index contributed by atoms with van der Waals surface area (Å²) >= 11 is 0. The fourth-order valence-electron chi connectivity index (χ4n) is 3.58. The van der Waals surface area contributed by atoms with Gasteiger partial charge in [0, 0.05) is 24.6 Å². The number of hydrogen-bond donors (Lipinski definition) is 1. The molecule has 1 saturated heterocycles. The van der Waals surface area contributed by atoms with Crippen molar-refractivity contribution in [2.75, 3.05) is 33.9 Å². The van der Waals surface area contributed by atoms with Gasteiger partial charge in [0.05, 0.1) is 20.4 Å². The second-order valence-electron chi connectivity index (χ2n) is 7.54. The lowest BCUT2D eigenvalue weighted by atomic mass is 9.95. The summed E-state index contributed by atoms with van der Waals surface area (Å²) in [6, 6.07) is 12.5. The Morgan fingerprint density at radius 3 is 2.61 bits per heavy atom. The standard InChI is InChI=1S/C25H29N3O5/c1-4-14-33-22-9-8-18(15-23(22)32-3)17-26-27-24(29)19-10-12-28(13-11-19)25(30)20-6-5-7-21(16-20)31-2/h4-9,15-17,19H,1,10-14H2,2-3H3,(H,27,29)/b26-17-. The van der Waals surface area contributed by atoms with Crippen LogP contribution in [0.2, 0.25) is 0 Å². The van der Waals surface area contributed by atoms with Crippen LogP contribution in [0.4, 0.5) is 0 Å². The summed E-state index contributed by atoms with van der Waals surface area (Å²) in [7, 11) is 3.13. The Morgan fingerprint density at radius 2 is 1.91 bits per heavy atom. The molecule has 2 aromatic carbocycles. The van der Waals surface area contributed by atoms with Gasteiger partial charge >= 0.3 is 0 Å². The molecule has 1 aliphatic heterocycles. The van der Waals surface area contributed by atoms with Crippen LogP contribution in [0.5, 0.6) is 17.2 Å². The quantitative estimate of drug-likeness (QED) is 0.359. The molecule has 1 heterocycles. The van der Waals surface area contributed by atoms with Crippen LogP contribution in [0.3, 0.4) is 0 Å². The Bertz CT molecular complexity index is 1010. The lowest BCUT2D eigenvalue weighted by Crippen LogP contribution is -2.42. The molecule has 33 heavy (non-hydrogen) atoms. The Kier molecular flexibility index (Phi) is 8.46. The summed E-state index contributed by atoms with van der Waals surface area (Å²) in [6.45, 7) is 5.04. The number of methoxy groups -OCH3 is 2. The lowest BCUT2D eigenvalue weighted by Gasteiger charge is -2.31. The fraction of sp³-hybridized carbons (Fsp3) is 0.320. The van der Waals surface area contributed by atoms with E-state index in [2.05, 4.69) is 17.1 Å². The summed E-state index contributed by atoms with van der Waals surface area (Å²) in [5.74, 6) is 1.41. The summed E-state index contributed by atoms with van der Waals surface area (Å²) in [4.78, 5) is 27.0. The van der Waals surface area contributed by atoms with Crippen molar-refractivity contribution in [2.45, 2.75) is 12.8 Å². The molecule has 2 amide bonds. The van der Waals surface area contributed by atoms with E-state index in [0.29, 0.717) is 55.4 Å². The number of carbonyl (C=O) groups is 2. The SMILES string of the molecule is C=CCOc1ccc(/C=N\NC(=O)C2CCN(C(=O)c3cccc(OC)c3)CC2)cc1OC. The second-order valence-corrected chi connectivity index (χ2v) is 7.54. The van der Waals surface area contributed by atoms with E-state index in [1.165, 1.54) is 0 Å². The number of carbonyl (C=O) groups excluding carboxylic acids is 2. The fourth-order valence-corrected chi connectivity index (χ4v) is 3.58. The van der Waals surface area contributed by atoms with Gasteiger partial charge in [-0.15, -0.1) is 0 Å². The second kappa shape index (κ2) is 11.7. The first-order chi connectivity index (χ1) is 16.0. The minimum atomic E-state index is -0.194. The summed E-state index contributed by atoms with van der Waals surface area (Å²) in [5.41, 5.74) is 3.95. The summed E-state index contributed by atoms with van der Waals surface area (Å²) < 4.78 is 16.1. The monoisotopic (exact) mass is 451 g/mol. The van der Waals surface area contributed by atoms with Gasteiger partial charge in [0.1, 0.15) is 12.4 Å². The van der Waals surface area contributed by atoms with Crippen molar-refractivity contribution in [1.29, 1.82) is 0 Å². The van der Waals surface area contributed by atoms with Gasteiger partial charge in [0.2, 0.25) is 5.91 Å². The van der Waals surface area contributed by atoms with Gasteiger partial charge in [-0.05, 0) is 54.8 Å². The number of benzene rings is 2. The number of ether oxygens (including phenoxy) is 3. The molecule has 0 bridgehead atoms. The van der Waals surface area contributed by atoms with Crippen LogP contribution in [0.25, 0.3) is 0 Å². The summed E-state index contributed by atoms with van der Waals surface area (Å²) in [6.07, 6.45) is 4.38. The Hall–Kier alpha value is -3.81. The molecule has 0 atom stereocenters. The largest absolute Gasteiger partial charge is 0.497 e. The van der Waals surface area contributed by atoms with Gasteiger partial charge in [-0.25, -0.2) is 5.43 Å². The van der Waals surface area contributed by atoms with Crippen molar-refractivity contribution in [3.8, 4) is 17.2 Å². The number of likely N-dealkylation sites (tertiary alicyclic amines) is 1. The average Bonchev–Trinajstić information content (AvgIpc) is 2.87. The minimum Gasteiger partial charge on any atom is -0.497 e. The predicted molar refractivity (Wildman–Crippen MR) is 126 cm³/mol. The van der Waals surface area contributed by atoms with Gasteiger partial charge in [-0.2, -0.15) is 5.10 Å². The minimum absolute atomic E-state index is 0.0553. The molecular formula is C25H29N3O5. The molecule has 2 aromatic rings. The van der Waals surface area contributed by atoms with Crippen molar-refractivity contribution in [1.82, 2.24) is 10.3 Å². The number of nitrogens with zero attached hydrogens (tertiary/aromatic N) is 2. The van der Waals surface area contributed by atoms with E-state index in [1.54, 1.807) is 67.8 Å². The van der Waals surface area contributed by atoms with E-state index in [1.807, 2.05) is 6.07 Å². The highest BCUT2D eigenvalue weighted by molar-refractivity contribution is 5.94. The highest BCUT2D eigenvalue weighted by Crippen LogP contribution is 2.27. The molecule has 0 unspecified atom stereocenters. The number of amides is 2. The molecular weight excluding hydrogens is 422 g/mol. The first-order valence-corrected chi connectivity index (χ1v) is 10.7. The van der Waals surface area contributed by atoms with E-state index in [-0.39, 0.29) is 17.7 Å². The Labute approximate surface area is 193 Å². The van der Waals surface area contributed by atoms with E-state index < -0.39 is 0 Å². The first-order valence-electron chi connectivity index (χ1n) is 10.7. The maximum Gasteiger partial charge on any atom is 0.253 e. The predicted octanol–water partition coefficient (Wildman–Crippen LogP) is 3.27. The van der Waals surface area contributed by atoms with Crippen LogP contribution >= 0.6 is 0 Å². The molecule has 0 aliphatic carbocycles. The topological polar surface area (TPSA) is 89.5 Å². The molecule has 1 fully saturated rings. The number of hydrazone groups is 1. The molecule has 0 saturated carbocycles. The molecule has 0 spiro atoms. The van der Waals surface area contributed by atoms with E-state index in [9.17, 15) is 9.59 Å². The summed E-state index contributed by atoms with van der Waals surface area (Å²) in [5, 5.41) is 4.07. The van der Waals surface area contributed by atoms with Crippen LogP contribution in [0.1, 0.15) is 28.8 Å². The van der Waals surface area contributed by atoms with Crippen molar-refractivity contribution >= 4 is 18.0 Å². The highest BCUT2D eigenvalue weighted by atomic mass is 16.5. The van der Waals surface area contributed by atoms with Crippen molar-refractivity contribution in [3.63, 3.8) is 0 Å². The molecule has 1 N–H and O–H groups in total. The van der Waals surface area contributed by atoms with Gasteiger partial charge in [-0.1, -0.05) is 18.7 Å². The molecule has 0 radical (unpaired) electrons. The maximum atomic E-state index is 12.7. The molecule has 8 nitrogen and oxygen atoms in total. The van der Waals surface area contributed by atoms with Gasteiger partial charge < -0.3 is 19.1 Å². The van der Waals surface area contributed by atoms with E-state index in [4.69, 9.17) is 14.2 Å². The van der Waals surface area contributed by atoms with E-state index in [0.717, 1.165) is 5.56 Å². The first kappa shape index (κ1) is 23.8. The average molecular weight is 452 g/mol. The van der Waals surface area contributed by atoms with E-state index >= 15 is 0 Å². The molecule has 8 heteroatoms. The van der Waals surface area contributed by atoms with Crippen LogP contribution in [-0.4, -0.2) is 56.8 Å². The van der Waals surface area contributed by atoms with Crippen LogP contribution < -0.4 is 19.6 Å². The van der Waals surface area contributed by atoms with Crippen molar-refractivity contribution in [2.24, 2.45) is 11.0 Å². The number of rotatable bonds is 9. The van der Waals surface area contributed by atoms with Gasteiger partial charge in [0.15, 0.2) is 11.5 Å². The normalized spacial score (nSPS) is 14.1. The maximum absolute atomic E-state index is 12.7. The zero-order valence-electron chi connectivity index (χ0n) is 19.0. The number of nitrogens with one attached hydrogen (secondary N) is 1. The van der Waals surface area contributed by atoms with Crippen molar-refractivity contribution in [3.05, 3.63) is 66.2 Å². The zero-order chi connectivity index (χ0) is 23.6. The third-order valence-corrected chi connectivity index (χ3v) is 5.40. The smallest absolute Gasteiger partial charge is 0.253 e. The highest BCUT2D eigenvalue weighted by Gasteiger charge is 2.27. The lowest BCUT2D eigenvalue weighted by molar-refractivity contribution is -0.126. The third kappa shape index (κ3) is 6.35. The van der Waals surface area contributed by atoms with Crippen molar-refractivity contribution < 1.29 is 23.8 Å². The Balaban J connectivity index is 1.50. The van der Waals surface area contributed by atoms with Crippen LogP contribution in [-0.2, 0) is 4.79 Å². The molecule has 0 aromatic heterocycles. The molecule has 3 rings (SSSR count). The van der Waals surface area contributed by atoms with Crippen LogP contribution in [0, 0.1) is 5.92 Å². The zero-order valence-corrected chi connectivity index (χ0v) is 19.0. The number of piperidine rings is 1. The van der Waals surface area contributed by atoms with Crippen LogP contribution in [0.15, 0.2) is 60.2 Å². The Morgan fingerprint density at radius 1 is 1.12 bits per heavy atom. The number of hydrogen-bond acceptors (Lipinski definition) is 6. The van der Waals surface area contributed by atoms with Gasteiger partial charge in [0.25, 0.3) is 5.91 Å². The van der Waals surface area contributed by atoms with Gasteiger partial charge in [-0.3, -0.25) is 9.59 Å². The molecule has 174 valence electrons.